The molecule has 1 aromatic heterocycles. The molecule has 3 heteroatoms. The number of hydrogen-bond acceptors (Lipinski definition) is 3. The Hall–Kier alpha value is -1.01. The monoisotopic (exact) mass is 176 g/mol. The van der Waals surface area contributed by atoms with Crippen LogP contribution in [0.1, 0.15) is 16.8 Å². The minimum atomic E-state index is 0.429. The molecule has 60 valence electrons. The molecule has 12 heavy (non-hydrogen) atoms. The average molecular weight is 176 g/mol. The van der Waals surface area contributed by atoms with E-state index in [1.54, 1.807) is 0 Å². The van der Waals surface area contributed by atoms with E-state index >= 15 is 0 Å². The van der Waals surface area contributed by atoms with Crippen molar-refractivity contribution < 1.29 is 0 Å². The lowest BCUT2D eigenvalue weighted by Gasteiger charge is -1.98. The fourth-order valence-corrected chi connectivity index (χ4v) is 2.36. The first-order valence-corrected chi connectivity index (χ1v) is 4.97. The molecule has 0 fully saturated rings. The molecule has 2 rings (SSSR count). The van der Waals surface area contributed by atoms with Crippen LogP contribution >= 0.6 is 11.8 Å². The summed E-state index contributed by atoms with van der Waals surface area (Å²) in [6.45, 7) is 0. The number of fused-ring (bicyclic) bond motifs is 1. The molecule has 0 saturated heterocycles. The second kappa shape index (κ2) is 3.16. The van der Waals surface area contributed by atoms with E-state index in [1.165, 1.54) is 11.1 Å². The Morgan fingerprint density at radius 1 is 1.50 bits per heavy atom. The van der Waals surface area contributed by atoms with Crippen LogP contribution in [0.5, 0.6) is 0 Å². The lowest BCUT2D eigenvalue weighted by Crippen LogP contribution is -1.91. The van der Waals surface area contributed by atoms with Crippen molar-refractivity contribution in [2.45, 2.75) is 17.9 Å². The highest BCUT2D eigenvalue weighted by Gasteiger charge is 2.11. The zero-order valence-electron chi connectivity index (χ0n) is 6.58. The fourth-order valence-electron chi connectivity index (χ4n) is 1.29. The van der Waals surface area contributed by atoms with E-state index < -0.39 is 0 Å². The number of nitriles is 1. The normalized spacial score (nSPS) is 13.9. The van der Waals surface area contributed by atoms with Gasteiger partial charge in [-0.25, -0.2) is 0 Å². The van der Waals surface area contributed by atoms with Gasteiger partial charge in [0, 0.05) is 17.7 Å². The Bertz CT molecular complexity index is 341. The summed E-state index contributed by atoms with van der Waals surface area (Å²) in [7, 11) is 0. The molecule has 0 N–H and O–H groups in total. The second-order valence-electron chi connectivity index (χ2n) is 2.77. The topological polar surface area (TPSA) is 36.7 Å². The molecule has 0 atom stereocenters. The number of thioether (sulfide) groups is 1. The van der Waals surface area contributed by atoms with Crippen LogP contribution in [-0.4, -0.2) is 4.98 Å². The first-order chi connectivity index (χ1) is 5.90. The summed E-state index contributed by atoms with van der Waals surface area (Å²) < 4.78 is 0. The molecule has 0 aromatic carbocycles. The van der Waals surface area contributed by atoms with Gasteiger partial charge in [-0.15, -0.1) is 0 Å². The van der Waals surface area contributed by atoms with Gasteiger partial charge in [0.1, 0.15) is 0 Å². The van der Waals surface area contributed by atoms with Gasteiger partial charge in [-0.1, -0.05) is 0 Å². The molecule has 0 radical (unpaired) electrons. The van der Waals surface area contributed by atoms with E-state index in [-0.39, 0.29) is 0 Å². The Labute approximate surface area is 75.6 Å². The molecule has 0 bridgehead atoms. The van der Waals surface area contributed by atoms with Gasteiger partial charge in [-0.2, -0.15) is 17.0 Å². The van der Waals surface area contributed by atoms with E-state index in [0.717, 1.165) is 17.2 Å². The largest absolute Gasteiger partial charge is 0.260 e. The molecular formula is C9H8N2S. The van der Waals surface area contributed by atoms with Gasteiger partial charge < -0.3 is 0 Å². The van der Waals surface area contributed by atoms with E-state index in [2.05, 4.69) is 17.1 Å². The summed E-state index contributed by atoms with van der Waals surface area (Å²) in [5.74, 6) is 2.16. The number of aromatic nitrogens is 1. The molecule has 0 spiro atoms. The summed E-state index contributed by atoms with van der Waals surface area (Å²) in [5.41, 5.74) is 3.60. The van der Waals surface area contributed by atoms with Gasteiger partial charge in [0.05, 0.1) is 18.2 Å². The van der Waals surface area contributed by atoms with Gasteiger partial charge in [0.25, 0.3) is 0 Å². The molecule has 2 nitrogen and oxygen atoms in total. The number of hydrogen-bond donors (Lipinski definition) is 0. The van der Waals surface area contributed by atoms with Crippen molar-refractivity contribution in [2.24, 2.45) is 0 Å². The van der Waals surface area contributed by atoms with Gasteiger partial charge in [-0.3, -0.25) is 4.98 Å². The van der Waals surface area contributed by atoms with Crippen LogP contribution in [0.15, 0.2) is 12.3 Å². The van der Waals surface area contributed by atoms with Crippen LogP contribution in [0.2, 0.25) is 0 Å². The zero-order valence-corrected chi connectivity index (χ0v) is 7.40. The van der Waals surface area contributed by atoms with E-state index in [9.17, 15) is 0 Å². The van der Waals surface area contributed by atoms with Crippen molar-refractivity contribution in [3.63, 3.8) is 0 Å². The van der Waals surface area contributed by atoms with Gasteiger partial charge in [-0.05, 0) is 17.2 Å². The van der Waals surface area contributed by atoms with E-state index in [1.807, 2.05) is 18.0 Å². The number of pyridine rings is 1. The molecule has 0 aliphatic carbocycles. The Kier molecular flexibility index (Phi) is 2.01. The van der Waals surface area contributed by atoms with Crippen LogP contribution in [0.3, 0.4) is 0 Å². The highest BCUT2D eigenvalue weighted by Crippen LogP contribution is 2.29. The van der Waals surface area contributed by atoms with E-state index in [4.69, 9.17) is 5.26 Å². The molecule has 0 saturated carbocycles. The maximum Gasteiger partial charge on any atom is 0.0774 e. The maximum atomic E-state index is 8.47. The van der Waals surface area contributed by atoms with Crippen molar-refractivity contribution in [1.82, 2.24) is 4.98 Å². The quantitative estimate of drug-likeness (QED) is 0.655. The Morgan fingerprint density at radius 2 is 2.33 bits per heavy atom. The predicted octanol–water partition coefficient (Wildman–Crippen LogP) is 1.89. The number of nitrogens with zero attached hydrogens (tertiary/aromatic N) is 2. The summed E-state index contributed by atoms with van der Waals surface area (Å²) in [5, 5.41) is 8.47. The van der Waals surface area contributed by atoms with Crippen molar-refractivity contribution in [1.29, 1.82) is 5.26 Å². The first-order valence-electron chi connectivity index (χ1n) is 3.81. The lowest BCUT2D eigenvalue weighted by molar-refractivity contribution is 1.08. The minimum absolute atomic E-state index is 0.429. The second-order valence-corrected chi connectivity index (χ2v) is 3.76. The van der Waals surface area contributed by atoms with Crippen LogP contribution in [-0.2, 0) is 17.9 Å². The van der Waals surface area contributed by atoms with Crippen LogP contribution in [0.4, 0.5) is 0 Å². The van der Waals surface area contributed by atoms with Crippen LogP contribution < -0.4 is 0 Å². The van der Waals surface area contributed by atoms with Gasteiger partial charge in [0.2, 0.25) is 0 Å². The van der Waals surface area contributed by atoms with Crippen molar-refractivity contribution in [3.8, 4) is 6.07 Å². The minimum Gasteiger partial charge on any atom is -0.260 e. The molecule has 1 aliphatic rings. The smallest absolute Gasteiger partial charge is 0.0774 e. The van der Waals surface area contributed by atoms with E-state index in [0.29, 0.717) is 6.42 Å². The summed E-state index contributed by atoms with van der Waals surface area (Å²) in [6.07, 6.45) is 2.33. The fraction of sp³-hybridized carbons (Fsp3) is 0.333. The summed E-state index contributed by atoms with van der Waals surface area (Å²) in [6, 6.07) is 4.16. The first kappa shape index (κ1) is 7.63. The zero-order chi connectivity index (χ0) is 8.39. The highest BCUT2D eigenvalue weighted by molar-refractivity contribution is 7.98. The maximum absolute atomic E-state index is 8.47. The molecule has 1 aliphatic heterocycles. The SMILES string of the molecule is N#CCc1cc2c(cn1)CSC2. The molecule has 0 unspecified atom stereocenters. The average Bonchev–Trinajstić information content (AvgIpc) is 2.51. The third-order valence-electron chi connectivity index (χ3n) is 1.91. The van der Waals surface area contributed by atoms with Crippen LogP contribution in [0.25, 0.3) is 0 Å². The number of rotatable bonds is 1. The van der Waals surface area contributed by atoms with Crippen molar-refractivity contribution >= 4 is 11.8 Å². The van der Waals surface area contributed by atoms with Crippen molar-refractivity contribution in [3.05, 3.63) is 29.1 Å². The summed E-state index contributed by atoms with van der Waals surface area (Å²) in [4.78, 5) is 4.20. The third kappa shape index (κ3) is 1.30. The summed E-state index contributed by atoms with van der Waals surface area (Å²) >= 11 is 1.91. The van der Waals surface area contributed by atoms with Crippen LogP contribution in [0, 0.1) is 11.3 Å². The molecule has 0 amide bonds. The Morgan fingerprint density at radius 3 is 3.17 bits per heavy atom. The highest BCUT2D eigenvalue weighted by atomic mass is 32.2. The molecule has 2 heterocycles. The predicted molar refractivity (Wildman–Crippen MR) is 48.6 cm³/mol. The van der Waals surface area contributed by atoms with Gasteiger partial charge in [0.15, 0.2) is 0 Å². The lowest BCUT2D eigenvalue weighted by atomic mass is 10.1. The Balaban J connectivity index is 2.34. The third-order valence-corrected chi connectivity index (χ3v) is 2.95. The molecular weight excluding hydrogens is 168 g/mol. The van der Waals surface area contributed by atoms with Gasteiger partial charge >= 0.3 is 0 Å². The van der Waals surface area contributed by atoms with Crippen molar-refractivity contribution in [2.75, 3.05) is 0 Å². The molecule has 1 aromatic rings. The standard InChI is InChI=1S/C9H8N2S/c10-2-1-9-3-7-5-12-6-8(7)4-11-9/h3-4H,1,5-6H2.